The molecule has 1 unspecified atom stereocenters. The fraction of sp³-hybridized carbons (Fsp3) is 0.455. The van der Waals surface area contributed by atoms with Crippen LogP contribution >= 0.6 is 0 Å². The minimum absolute atomic E-state index is 0.282. The molecule has 0 saturated carbocycles. The average molecular weight is 207 g/mol. The molecular formula is C11H13NO3. The Labute approximate surface area is 88.0 Å². The molecule has 2 aliphatic rings. The second kappa shape index (κ2) is 3.12. The third-order valence-corrected chi connectivity index (χ3v) is 2.92. The van der Waals surface area contributed by atoms with Crippen LogP contribution in [0.3, 0.4) is 0 Å². The van der Waals surface area contributed by atoms with Crippen molar-refractivity contribution in [2.45, 2.75) is 12.6 Å². The number of β-amino-alcohol motifs (C(OH)–C–C–N with tert-alkyl or cyclic N) is 1. The van der Waals surface area contributed by atoms with Crippen molar-refractivity contribution >= 4 is 0 Å². The highest BCUT2D eigenvalue weighted by atomic mass is 16.7. The summed E-state index contributed by atoms with van der Waals surface area (Å²) in [7, 11) is 2.00. The zero-order valence-electron chi connectivity index (χ0n) is 8.56. The molecule has 1 N–H and O–H groups in total. The molecular weight excluding hydrogens is 194 g/mol. The summed E-state index contributed by atoms with van der Waals surface area (Å²) < 4.78 is 10.6. The van der Waals surface area contributed by atoms with Crippen LogP contribution in [-0.4, -0.2) is 30.4 Å². The van der Waals surface area contributed by atoms with Gasteiger partial charge in [-0.25, -0.2) is 0 Å². The highest BCUT2D eigenvalue weighted by molar-refractivity contribution is 5.50. The Hall–Kier alpha value is -1.26. The number of nitrogens with zero attached hydrogens (tertiary/aromatic N) is 1. The van der Waals surface area contributed by atoms with Gasteiger partial charge in [0, 0.05) is 13.1 Å². The van der Waals surface area contributed by atoms with Gasteiger partial charge >= 0.3 is 0 Å². The van der Waals surface area contributed by atoms with E-state index < -0.39 is 6.10 Å². The lowest BCUT2D eigenvalue weighted by molar-refractivity contribution is 0.107. The zero-order valence-corrected chi connectivity index (χ0v) is 8.56. The van der Waals surface area contributed by atoms with Gasteiger partial charge in [-0.3, -0.25) is 4.90 Å². The molecule has 0 fully saturated rings. The van der Waals surface area contributed by atoms with E-state index in [2.05, 4.69) is 4.90 Å². The second-order valence-electron chi connectivity index (χ2n) is 4.12. The van der Waals surface area contributed by atoms with E-state index in [0.717, 1.165) is 29.2 Å². The Morgan fingerprint density at radius 1 is 1.33 bits per heavy atom. The SMILES string of the molecule is CN1Cc2cc3c(cc2C(O)C1)OCO3. The lowest BCUT2D eigenvalue weighted by Gasteiger charge is -2.29. The van der Waals surface area contributed by atoms with Crippen molar-refractivity contribution in [3.63, 3.8) is 0 Å². The zero-order chi connectivity index (χ0) is 10.4. The van der Waals surface area contributed by atoms with Crippen molar-refractivity contribution in [2.24, 2.45) is 0 Å². The molecule has 0 aliphatic carbocycles. The highest BCUT2D eigenvalue weighted by Crippen LogP contribution is 2.38. The Kier molecular flexibility index (Phi) is 1.87. The van der Waals surface area contributed by atoms with Crippen LogP contribution in [0.1, 0.15) is 17.2 Å². The lowest BCUT2D eigenvalue weighted by Crippen LogP contribution is -2.30. The molecule has 1 atom stereocenters. The van der Waals surface area contributed by atoms with Crippen LogP contribution in [0.4, 0.5) is 0 Å². The first kappa shape index (κ1) is 9.00. The first-order valence-electron chi connectivity index (χ1n) is 5.03. The fourth-order valence-corrected chi connectivity index (χ4v) is 2.20. The highest BCUT2D eigenvalue weighted by Gasteiger charge is 2.25. The van der Waals surface area contributed by atoms with Crippen molar-refractivity contribution in [1.29, 1.82) is 0 Å². The van der Waals surface area contributed by atoms with Crippen LogP contribution in [0.15, 0.2) is 12.1 Å². The van der Waals surface area contributed by atoms with Crippen LogP contribution in [0, 0.1) is 0 Å². The van der Waals surface area contributed by atoms with Gasteiger partial charge in [-0.2, -0.15) is 0 Å². The number of aliphatic hydroxyl groups excluding tert-OH is 1. The van der Waals surface area contributed by atoms with Gasteiger partial charge in [-0.1, -0.05) is 0 Å². The van der Waals surface area contributed by atoms with Crippen LogP contribution in [0.5, 0.6) is 11.5 Å². The van der Waals surface area contributed by atoms with Gasteiger partial charge in [0.25, 0.3) is 0 Å². The molecule has 15 heavy (non-hydrogen) atoms. The van der Waals surface area contributed by atoms with E-state index in [1.165, 1.54) is 0 Å². The number of fused-ring (bicyclic) bond motifs is 2. The Balaban J connectivity index is 2.09. The summed E-state index contributed by atoms with van der Waals surface area (Å²) in [5.41, 5.74) is 2.10. The van der Waals surface area contributed by atoms with E-state index >= 15 is 0 Å². The summed E-state index contributed by atoms with van der Waals surface area (Å²) >= 11 is 0. The predicted octanol–water partition coefficient (Wildman–Crippen LogP) is 0.894. The summed E-state index contributed by atoms with van der Waals surface area (Å²) in [5.74, 6) is 1.54. The van der Waals surface area contributed by atoms with E-state index in [1.54, 1.807) is 0 Å². The van der Waals surface area contributed by atoms with Crippen LogP contribution in [0.2, 0.25) is 0 Å². The van der Waals surface area contributed by atoms with Crippen molar-refractivity contribution < 1.29 is 14.6 Å². The summed E-state index contributed by atoms with van der Waals surface area (Å²) in [4.78, 5) is 2.09. The first-order valence-corrected chi connectivity index (χ1v) is 5.03. The minimum Gasteiger partial charge on any atom is -0.454 e. The molecule has 0 bridgehead atoms. The largest absolute Gasteiger partial charge is 0.454 e. The molecule has 0 radical (unpaired) electrons. The van der Waals surface area contributed by atoms with Crippen molar-refractivity contribution in [3.05, 3.63) is 23.3 Å². The van der Waals surface area contributed by atoms with E-state index in [0.29, 0.717) is 6.54 Å². The molecule has 2 heterocycles. The van der Waals surface area contributed by atoms with Gasteiger partial charge in [0.1, 0.15) is 0 Å². The van der Waals surface area contributed by atoms with Gasteiger partial charge < -0.3 is 14.6 Å². The molecule has 4 nitrogen and oxygen atoms in total. The molecule has 0 amide bonds. The Morgan fingerprint density at radius 3 is 2.87 bits per heavy atom. The van der Waals surface area contributed by atoms with E-state index in [-0.39, 0.29) is 6.79 Å². The topological polar surface area (TPSA) is 41.9 Å². The molecule has 1 aromatic carbocycles. The molecule has 1 aromatic rings. The molecule has 0 spiro atoms. The van der Waals surface area contributed by atoms with Gasteiger partial charge in [-0.05, 0) is 30.3 Å². The van der Waals surface area contributed by atoms with Gasteiger partial charge in [0.2, 0.25) is 6.79 Å². The van der Waals surface area contributed by atoms with Gasteiger partial charge in [0.15, 0.2) is 11.5 Å². The average Bonchev–Trinajstić information content (AvgIpc) is 2.61. The molecule has 3 rings (SSSR count). The summed E-state index contributed by atoms with van der Waals surface area (Å²) in [6.07, 6.45) is -0.423. The Bertz CT molecular complexity index is 405. The first-order chi connectivity index (χ1) is 7.24. The number of benzene rings is 1. The van der Waals surface area contributed by atoms with Crippen molar-refractivity contribution in [3.8, 4) is 11.5 Å². The number of ether oxygens (including phenoxy) is 2. The maximum atomic E-state index is 9.92. The standard InChI is InChI=1S/C11H13NO3/c1-12-4-7-2-10-11(15-6-14-10)3-8(7)9(13)5-12/h2-3,9,13H,4-6H2,1H3. The van der Waals surface area contributed by atoms with Crippen LogP contribution in [-0.2, 0) is 6.54 Å². The maximum Gasteiger partial charge on any atom is 0.231 e. The third kappa shape index (κ3) is 1.37. The van der Waals surface area contributed by atoms with Gasteiger partial charge in [-0.15, -0.1) is 0 Å². The Morgan fingerprint density at radius 2 is 2.07 bits per heavy atom. The van der Waals surface area contributed by atoms with Crippen LogP contribution in [0.25, 0.3) is 0 Å². The lowest BCUT2D eigenvalue weighted by atomic mass is 9.97. The number of hydrogen-bond donors (Lipinski definition) is 1. The van der Waals surface area contributed by atoms with E-state index in [1.807, 2.05) is 19.2 Å². The minimum atomic E-state index is -0.423. The monoisotopic (exact) mass is 207 g/mol. The predicted molar refractivity (Wildman–Crippen MR) is 53.9 cm³/mol. The van der Waals surface area contributed by atoms with E-state index in [4.69, 9.17) is 9.47 Å². The third-order valence-electron chi connectivity index (χ3n) is 2.92. The molecule has 0 aromatic heterocycles. The van der Waals surface area contributed by atoms with E-state index in [9.17, 15) is 5.11 Å². The second-order valence-corrected chi connectivity index (χ2v) is 4.12. The smallest absolute Gasteiger partial charge is 0.231 e. The quantitative estimate of drug-likeness (QED) is 0.686. The fourth-order valence-electron chi connectivity index (χ4n) is 2.20. The molecule has 4 heteroatoms. The number of aliphatic hydroxyl groups is 1. The summed E-state index contributed by atoms with van der Waals surface area (Å²) in [6, 6.07) is 3.87. The number of hydrogen-bond acceptors (Lipinski definition) is 4. The van der Waals surface area contributed by atoms with Crippen LogP contribution < -0.4 is 9.47 Å². The molecule has 0 saturated heterocycles. The molecule has 2 aliphatic heterocycles. The molecule has 80 valence electrons. The number of rotatable bonds is 0. The van der Waals surface area contributed by atoms with Gasteiger partial charge in [0.05, 0.1) is 6.10 Å². The summed E-state index contributed by atoms with van der Waals surface area (Å²) in [6.45, 7) is 1.81. The van der Waals surface area contributed by atoms with Crippen molar-refractivity contribution in [2.75, 3.05) is 20.4 Å². The number of likely N-dealkylation sites (N-methyl/N-ethyl adjacent to an activating group) is 1. The summed E-state index contributed by atoms with van der Waals surface area (Å²) in [5, 5.41) is 9.92. The maximum absolute atomic E-state index is 9.92. The van der Waals surface area contributed by atoms with Crippen molar-refractivity contribution in [1.82, 2.24) is 4.90 Å². The normalized spacial score (nSPS) is 24.0.